The van der Waals surface area contributed by atoms with Crippen molar-refractivity contribution in [3.63, 3.8) is 0 Å². The molecule has 116 valence electrons. The quantitative estimate of drug-likeness (QED) is 0.717. The summed E-state index contributed by atoms with van der Waals surface area (Å²) in [6.07, 6.45) is 0.427. The van der Waals surface area contributed by atoms with Crippen molar-refractivity contribution in [2.75, 3.05) is 5.75 Å². The van der Waals surface area contributed by atoms with Crippen LogP contribution in [0.2, 0.25) is 0 Å². The molecular weight excluding hydrogens is 365 g/mol. The molecular formula is C17H17BrFNOS. The Bertz CT molecular complexity index is 633. The van der Waals surface area contributed by atoms with Crippen LogP contribution in [0.3, 0.4) is 0 Å². The highest BCUT2D eigenvalue weighted by Crippen LogP contribution is 2.23. The number of benzene rings is 2. The van der Waals surface area contributed by atoms with Gasteiger partial charge < -0.3 is 5.32 Å². The Morgan fingerprint density at radius 3 is 2.59 bits per heavy atom. The SMILES string of the molecule is C[C@@H](NC(=O)CCSc1ccc(F)cc1)c1ccccc1Br. The molecule has 1 amide bonds. The number of hydrogen-bond acceptors (Lipinski definition) is 2. The van der Waals surface area contributed by atoms with Gasteiger partial charge in [0.1, 0.15) is 5.82 Å². The Morgan fingerprint density at radius 2 is 1.91 bits per heavy atom. The third kappa shape index (κ3) is 5.14. The van der Waals surface area contributed by atoms with Gasteiger partial charge in [0.15, 0.2) is 0 Å². The van der Waals surface area contributed by atoms with Crippen LogP contribution in [0, 0.1) is 5.82 Å². The Kier molecular flexibility index (Phi) is 6.46. The average Bonchev–Trinajstić information content (AvgIpc) is 2.49. The van der Waals surface area contributed by atoms with E-state index in [9.17, 15) is 9.18 Å². The summed E-state index contributed by atoms with van der Waals surface area (Å²) in [6.45, 7) is 1.96. The molecule has 5 heteroatoms. The van der Waals surface area contributed by atoms with Crippen LogP contribution in [-0.4, -0.2) is 11.7 Å². The molecule has 0 fully saturated rings. The number of amides is 1. The van der Waals surface area contributed by atoms with Crippen LogP contribution in [0.1, 0.15) is 24.9 Å². The number of carbonyl (C=O) groups is 1. The van der Waals surface area contributed by atoms with E-state index in [0.29, 0.717) is 12.2 Å². The first-order valence-electron chi connectivity index (χ1n) is 6.98. The smallest absolute Gasteiger partial charge is 0.221 e. The molecule has 22 heavy (non-hydrogen) atoms. The van der Waals surface area contributed by atoms with Crippen molar-refractivity contribution in [1.29, 1.82) is 0 Å². The minimum Gasteiger partial charge on any atom is -0.350 e. The summed E-state index contributed by atoms with van der Waals surface area (Å²) in [5, 5.41) is 2.99. The monoisotopic (exact) mass is 381 g/mol. The Hall–Kier alpha value is -1.33. The zero-order valence-electron chi connectivity index (χ0n) is 12.2. The average molecular weight is 382 g/mol. The summed E-state index contributed by atoms with van der Waals surface area (Å²) in [4.78, 5) is 12.9. The molecule has 0 saturated heterocycles. The number of carbonyl (C=O) groups excluding carboxylic acids is 1. The lowest BCUT2D eigenvalue weighted by Gasteiger charge is -2.15. The maximum absolute atomic E-state index is 12.8. The van der Waals surface area contributed by atoms with E-state index in [1.54, 1.807) is 23.9 Å². The highest BCUT2D eigenvalue weighted by Gasteiger charge is 2.11. The van der Waals surface area contributed by atoms with Gasteiger partial charge in [-0.3, -0.25) is 4.79 Å². The standard InChI is InChI=1S/C17H17BrFNOS/c1-12(15-4-2-3-5-16(15)18)20-17(21)10-11-22-14-8-6-13(19)7-9-14/h2-9,12H,10-11H2,1H3,(H,20,21)/t12-/m1/s1. The fourth-order valence-corrected chi connectivity index (χ4v) is 3.49. The van der Waals surface area contributed by atoms with Crippen LogP contribution in [0.15, 0.2) is 57.9 Å². The van der Waals surface area contributed by atoms with E-state index in [1.807, 2.05) is 31.2 Å². The maximum Gasteiger partial charge on any atom is 0.221 e. The second-order valence-corrected chi connectivity index (χ2v) is 6.89. The van der Waals surface area contributed by atoms with Crippen molar-refractivity contribution in [3.8, 4) is 0 Å². The number of nitrogens with one attached hydrogen (secondary N) is 1. The largest absolute Gasteiger partial charge is 0.350 e. The number of rotatable bonds is 6. The van der Waals surface area contributed by atoms with Gasteiger partial charge in [-0.2, -0.15) is 0 Å². The van der Waals surface area contributed by atoms with Crippen LogP contribution in [-0.2, 0) is 4.79 Å². The van der Waals surface area contributed by atoms with Gasteiger partial charge in [-0.05, 0) is 42.8 Å². The molecule has 0 spiro atoms. The summed E-state index contributed by atoms with van der Waals surface area (Å²) >= 11 is 5.04. The lowest BCUT2D eigenvalue weighted by Crippen LogP contribution is -2.27. The third-order valence-electron chi connectivity index (χ3n) is 3.16. The maximum atomic E-state index is 12.8. The van der Waals surface area contributed by atoms with Crippen LogP contribution in [0.4, 0.5) is 4.39 Å². The first-order chi connectivity index (χ1) is 10.6. The van der Waals surface area contributed by atoms with E-state index in [2.05, 4.69) is 21.2 Å². The Labute approximate surface area is 142 Å². The van der Waals surface area contributed by atoms with E-state index in [0.717, 1.165) is 14.9 Å². The molecule has 0 saturated carbocycles. The molecule has 0 aliphatic heterocycles. The van der Waals surface area contributed by atoms with Gasteiger partial charge in [0.2, 0.25) is 5.91 Å². The molecule has 2 aromatic rings. The molecule has 1 N–H and O–H groups in total. The fraction of sp³-hybridized carbons (Fsp3) is 0.235. The molecule has 0 aromatic heterocycles. The van der Waals surface area contributed by atoms with Crippen molar-refractivity contribution in [2.24, 2.45) is 0 Å². The highest BCUT2D eigenvalue weighted by atomic mass is 79.9. The van der Waals surface area contributed by atoms with Crippen molar-refractivity contribution in [3.05, 3.63) is 64.4 Å². The van der Waals surface area contributed by atoms with Crippen molar-refractivity contribution >= 4 is 33.6 Å². The molecule has 1 atom stereocenters. The van der Waals surface area contributed by atoms with Crippen LogP contribution in [0.25, 0.3) is 0 Å². The molecule has 0 radical (unpaired) electrons. The van der Waals surface area contributed by atoms with Gasteiger partial charge in [0, 0.05) is 21.5 Å². The second-order valence-electron chi connectivity index (χ2n) is 4.86. The summed E-state index contributed by atoms with van der Waals surface area (Å²) < 4.78 is 13.8. The van der Waals surface area contributed by atoms with Gasteiger partial charge in [-0.1, -0.05) is 34.1 Å². The molecule has 0 heterocycles. The van der Waals surface area contributed by atoms with Gasteiger partial charge in [-0.25, -0.2) is 4.39 Å². The van der Waals surface area contributed by atoms with Gasteiger partial charge in [0.25, 0.3) is 0 Å². The molecule has 0 aliphatic rings. The summed E-state index contributed by atoms with van der Waals surface area (Å²) in [5.41, 5.74) is 1.06. The molecule has 2 rings (SSSR count). The highest BCUT2D eigenvalue weighted by molar-refractivity contribution is 9.10. The lowest BCUT2D eigenvalue weighted by molar-refractivity contribution is -0.121. The van der Waals surface area contributed by atoms with E-state index < -0.39 is 0 Å². The van der Waals surface area contributed by atoms with E-state index in [-0.39, 0.29) is 17.8 Å². The first kappa shape index (κ1) is 17.0. The summed E-state index contributed by atoms with van der Waals surface area (Å²) in [5.74, 6) is 0.433. The lowest BCUT2D eigenvalue weighted by atomic mass is 10.1. The van der Waals surface area contributed by atoms with E-state index >= 15 is 0 Å². The molecule has 0 aliphatic carbocycles. The van der Waals surface area contributed by atoms with Crippen LogP contribution < -0.4 is 5.32 Å². The molecule has 2 aromatic carbocycles. The number of hydrogen-bond donors (Lipinski definition) is 1. The number of halogens is 2. The zero-order valence-corrected chi connectivity index (χ0v) is 14.6. The zero-order chi connectivity index (χ0) is 15.9. The minimum atomic E-state index is -0.246. The van der Waals surface area contributed by atoms with Crippen LogP contribution in [0.5, 0.6) is 0 Å². The first-order valence-corrected chi connectivity index (χ1v) is 8.76. The molecule has 2 nitrogen and oxygen atoms in total. The topological polar surface area (TPSA) is 29.1 Å². The minimum absolute atomic E-state index is 0.0119. The molecule has 0 bridgehead atoms. The van der Waals surface area contributed by atoms with Crippen molar-refractivity contribution in [1.82, 2.24) is 5.32 Å². The van der Waals surface area contributed by atoms with Gasteiger partial charge in [-0.15, -0.1) is 11.8 Å². The summed E-state index contributed by atoms with van der Waals surface area (Å²) in [6, 6.07) is 14.1. The summed E-state index contributed by atoms with van der Waals surface area (Å²) in [7, 11) is 0. The predicted octanol–water partition coefficient (Wildman–Crippen LogP) is 4.95. The normalized spacial score (nSPS) is 12.0. The Morgan fingerprint density at radius 1 is 1.23 bits per heavy atom. The van der Waals surface area contributed by atoms with Gasteiger partial charge in [0.05, 0.1) is 6.04 Å². The number of thioether (sulfide) groups is 1. The van der Waals surface area contributed by atoms with Crippen molar-refractivity contribution in [2.45, 2.75) is 24.3 Å². The van der Waals surface area contributed by atoms with Crippen LogP contribution >= 0.6 is 27.7 Å². The predicted molar refractivity (Wildman–Crippen MR) is 92.4 cm³/mol. The fourth-order valence-electron chi connectivity index (χ4n) is 2.01. The van der Waals surface area contributed by atoms with Crippen molar-refractivity contribution < 1.29 is 9.18 Å². The van der Waals surface area contributed by atoms with Gasteiger partial charge >= 0.3 is 0 Å². The second kappa shape index (κ2) is 8.34. The van der Waals surface area contributed by atoms with E-state index in [1.165, 1.54) is 12.1 Å². The van der Waals surface area contributed by atoms with E-state index in [4.69, 9.17) is 0 Å². The molecule has 0 unspecified atom stereocenters. The Balaban J connectivity index is 1.78. The third-order valence-corrected chi connectivity index (χ3v) is 4.90.